The van der Waals surface area contributed by atoms with E-state index in [-0.39, 0.29) is 6.04 Å². The Bertz CT molecular complexity index is 447. The number of fused-ring (bicyclic) bond motifs is 1. The molecule has 0 aliphatic heterocycles. The van der Waals surface area contributed by atoms with Crippen LogP contribution in [-0.4, -0.2) is 10.4 Å². The summed E-state index contributed by atoms with van der Waals surface area (Å²) in [5, 5.41) is 5.66. The molecule has 0 fully saturated rings. The summed E-state index contributed by atoms with van der Waals surface area (Å²) in [6.07, 6.45) is 1.88. The molecule has 0 aliphatic rings. The largest absolute Gasteiger partial charge is 0.369 e. The van der Waals surface area contributed by atoms with Crippen LogP contribution in [0.4, 0.5) is 5.00 Å². The Morgan fingerprint density at radius 1 is 1.50 bits per heavy atom. The van der Waals surface area contributed by atoms with E-state index in [4.69, 9.17) is 0 Å². The normalized spacial score (nSPS) is 12.6. The minimum atomic E-state index is 0.277. The van der Waals surface area contributed by atoms with E-state index >= 15 is 0 Å². The number of anilines is 1. The van der Waals surface area contributed by atoms with Crippen molar-refractivity contribution in [2.75, 3.05) is 5.32 Å². The summed E-state index contributed by atoms with van der Waals surface area (Å²) >= 11 is 1.50. The fourth-order valence-corrected chi connectivity index (χ4v) is 2.12. The number of rotatable bonds is 3. The molecule has 14 heavy (non-hydrogen) atoms. The van der Waals surface area contributed by atoms with Gasteiger partial charge in [0.2, 0.25) is 0 Å². The number of aromatic nitrogens is 1. The maximum atomic E-state index is 4.35. The molecular weight excluding hydrogens is 192 g/mol. The molecule has 0 amide bonds. The first-order valence-corrected chi connectivity index (χ1v) is 5.32. The van der Waals surface area contributed by atoms with Crippen molar-refractivity contribution in [2.24, 2.45) is 0 Å². The molecule has 0 bridgehead atoms. The molecule has 1 N–H and O–H groups in total. The van der Waals surface area contributed by atoms with Crippen LogP contribution in [0.25, 0.3) is 10.9 Å². The number of hydrogen-bond acceptors (Lipinski definition) is 3. The van der Waals surface area contributed by atoms with E-state index in [1.54, 1.807) is 0 Å². The lowest BCUT2D eigenvalue weighted by Crippen LogP contribution is -2.09. The lowest BCUT2D eigenvalue weighted by Gasteiger charge is -2.07. The van der Waals surface area contributed by atoms with Crippen LogP contribution in [0.5, 0.6) is 0 Å². The summed E-state index contributed by atoms with van der Waals surface area (Å²) in [5.74, 6) is 0. The Balaban J connectivity index is 2.38. The Hall–Kier alpha value is -1.35. The van der Waals surface area contributed by atoms with Crippen LogP contribution in [0.1, 0.15) is 6.92 Å². The summed E-state index contributed by atoms with van der Waals surface area (Å²) in [6, 6.07) is 8.41. The van der Waals surface area contributed by atoms with Crippen molar-refractivity contribution in [1.82, 2.24) is 4.37 Å². The van der Waals surface area contributed by atoms with Gasteiger partial charge in [0, 0.05) is 11.4 Å². The maximum absolute atomic E-state index is 4.35. The number of benzene rings is 1. The van der Waals surface area contributed by atoms with E-state index in [1.807, 2.05) is 24.3 Å². The standard InChI is InChI=1S/C11H12N2S/c1-3-8(2)12-11-9-6-4-5-7-10(9)13-14-11/h3-8,12H,1H2,2H3. The van der Waals surface area contributed by atoms with Crippen molar-refractivity contribution >= 4 is 27.4 Å². The molecule has 2 rings (SSSR count). The minimum absolute atomic E-state index is 0.277. The second kappa shape index (κ2) is 3.80. The monoisotopic (exact) mass is 204 g/mol. The first-order valence-electron chi connectivity index (χ1n) is 4.55. The van der Waals surface area contributed by atoms with Gasteiger partial charge in [-0.15, -0.1) is 6.58 Å². The van der Waals surface area contributed by atoms with Gasteiger partial charge in [-0.05, 0) is 30.6 Å². The first-order chi connectivity index (χ1) is 6.81. The van der Waals surface area contributed by atoms with Crippen molar-refractivity contribution in [1.29, 1.82) is 0 Å². The Labute approximate surface area is 87.4 Å². The van der Waals surface area contributed by atoms with Crippen molar-refractivity contribution < 1.29 is 0 Å². The van der Waals surface area contributed by atoms with Crippen molar-refractivity contribution in [2.45, 2.75) is 13.0 Å². The summed E-state index contributed by atoms with van der Waals surface area (Å²) < 4.78 is 4.35. The molecule has 1 heterocycles. The number of hydrogen-bond donors (Lipinski definition) is 1. The van der Waals surface area contributed by atoms with Crippen LogP contribution < -0.4 is 5.32 Å². The quantitative estimate of drug-likeness (QED) is 0.776. The highest BCUT2D eigenvalue weighted by molar-refractivity contribution is 7.11. The zero-order valence-corrected chi connectivity index (χ0v) is 8.84. The van der Waals surface area contributed by atoms with Crippen LogP contribution in [0.3, 0.4) is 0 Å². The van der Waals surface area contributed by atoms with Crippen LogP contribution in [0.2, 0.25) is 0 Å². The number of nitrogens with zero attached hydrogens (tertiary/aromatic N) is 1. The third kappa shape index (κ3) is 1.63. The van der Waals surface area contributed by atoms with Crippen molar-refractivity contribution in [3.05, 3.63) is 36.9 Å². The van der Waals surface area contributed by atoms with Gasteiger partial charge < -0.3 is 5.32 Å². The molecule has 1 unspecified atom stereocenters. The number of nitrogens with one attached hydrogen (secondary N) is 1. The van der Waals surface area contributed by atoms with Gasteiger partial charge in [-0.1, -0.05) is 18.2 Å². The second-order valence-corrected chi connectivity index (χ2v) is 3.97. The third-order valence-corrected chi connectivity index (χ3v) is 2.90. The highest BCUT2D eigenvalue weighted by atomic mass is 32.1. The summed E-state index contributed by atoms with van der Waals surface area (Å²) in [7, 11) is 0. The Kier molecular flexibility index (Phi) is 2.50. The molecular formula is C11H12N2S. The SMILES string of the molecule is C=CC(C)Nc1snc2ccccc12. The Morgan fingerprint density at radius 3 is 3.07 bits per heavy atom. The van der Waals surface area contributed by atoms with Crippen LogP contribution in [0, 0.1) is 0 Å². The second-order valence-electron chi connectivity index (χ2n) is 3.20. The molecule has 1 aromatic carbocycles. The molecule has 1 atom stereocenters. The predicted octanol–water partition coefficient (Wildman–Crippen LogP) is 3.28. The van der Waals surface area contributed by atoms with E-state index in [9.17, 15) is 0 Å². The van der Waals surface area contributed by atoms with Gasteiger partial charge in [0.25, 0.3) is 0 Å². The topological polar surface area (TPSA) is 24.9 Å². The predicted molar refractivity (Wildman–Crippen MR) is 62.9 cm³/mol. The van der Waals surface area contributed by atoms with E-state index in [2.05, 4.69) is 29.3 Å². The lowest BCUT2D eigenvalue weighted by molar-refractivity contribution is 1.01. The maximum Gasteiger partial charge on any atom is 0.117 e. The van der Waals surface area contributed by atoms with Crippen LogP contribution in [0.15, 0.2) is 36.9 Å². The van der Waals surface area contributed by atoms with Crippen molar-refractivity contribution in [3.63, 3.8) is 0 Å². The van der Waals surface area contributed by atoms with Gasteiger partial charge in [-0.2, -0.15) is 4.37 Å². The molecule has 2 nitrogen and oxygen atoms in total. The van der Waals surface area contributed by atoms with Gasteiger partial charge in [0.1, 0.15) is 5.00 Å². The third-order valence-electron chi connectivity index (χ3n) is 2.10. The average Bonchev–Trinajstić information content (AvgIpc) is 2.62. The van der Waals surface area contributed by atoms with Crippen molar-refractivity contribution in [3.8, 4) is 0 Å². The first kappa shape index (κ1) is 9.21. The molecule has 0 saturated carbocycles. The summed E-state index contributed by atoms with van der Waals surface area (Å²) in [4.78, 5) is 0. The fourth-order valence-electron chi connectivity index (χ4n) is 1.26. The molecule has 0 radical (unpaired) electrons. The lowest BCUT2D eigenvalue weighted by atomic mass is 10.2. The van der Waals surface area contributed by atoms with Crippen LogP contribution in [-0.2, 0) is 0 Å². The molecule has 1 aromatic heterocycles. The van der Waals surface area contributed by atoms with E-state index in [1.165, 1.54) is 16.9 Å². The average molecular weight is 204 g/mol. The van der Waals surface area contributed by atoms with Gasteiger partial charge in [0.05, 0.1) is 5.52 Å². The smallest absolute Gasteiger partial charge is 0.117 e. The minimum Gasteiger partial charge on any atom is -0.369 e. The summed E-state index contributed by atoms with van der Waals surface area (Å²) in [5.41, 5.74) is 1.05. The molecule has 72 valence electrons. The highest BCUT2D eigenvalue weighted by Crippen LogP contribution is 2.27. The summed E-state index contributed by atoms with van der Waals surface area (Å²) in [6.45, 7) is 5.81. The van der Waals surface area contributed by atoms with Gasteiger partial charge in [0.15, 0.2) is 0 Å². The molecule has 0 saturated heterocycles. The van der Waals surface area contributed by atoms with E-state index < -0.39 is 0 Å². The Morgan fingerprint density at radius 2 is 2.29 bits per heavy atom. The molecule has 2 aromatic rings. The zero-order chi connectivity index (χ0) is 9.97. The highest BCUT2D eigenvalue weighted by Gasteiger charge is 2.05. The zero-order valence-electron chi connectivity index (χ0n) is 8.03. The van der Waals surface area contributed by atoms with E-state index in [0.717, 1.165) is 10.5 Å². The molecule has 3 heteroatoms. The molecule has 0 spiro atoms. The van der Waals surface area contributed by atoms with E-state index in [0.29, 0.717) is 0 Å². The fraction of sp³-hybridized carbons (Fsp3) is 0.182. The molecule has 0 aliphatic carbocycles. The van der Waals surface area contributed by atoms with Crippen LogP contribution >= 0.6 is 11.5 Å². The van der Waals surface area contributed by atoms with Gasteiger partial charge >= 0.3 is 0 Å². The van der Waals surface area contributed by atoms with Gasteiger partial charge in [-0.25, -0.2) is 0 Å². The van der Waals surface area contributed by atoms with Gasteiger partial charge in [-0.3, -0.25) is 0 Å².